The molecule has 7 nitrogen and oxygen atoms in total. The number of aromatic nitrogens is 2. The molecule has 1 saturated carbocycles. The first kappa shape index (κ1) is 24.6. The third-order valence-corrected chi connectivity index (χ3v) is 7.12. The van der Waals surface area contributed by atoms with E-state index in [2.05, 4.69) is 15.7 Å². The normalized spacial score (nSPS) is 13.1. The number of nitrogens with one attached hydrogen (secondary N) is 2. The molecule has 3 N–H and O–H groups in total. The lowest BCUT2D eigenvalue weighted by Crippen LogP contribution is -2.31. The average molecular weight is 515 g/mol. The molecule has 0 atom stereocenters. The second-order valence-electron chi connectivity index (χ2n) is 9.25. The number of hydrogen-bond donors (Lipinski definition) is 3. The van der Waals surface area contributed by atoms with Crippen LogP contribution in [-0.4, -0.2) is 26.8 Å². The van der Waals surface area contributed by atoms with Gasteiger partial charge in [-0.1, -0.05) is 54.4 Å². The van der Waals surface area contributed by atoms with E-state index in [-0.39, 0.29) is 23.6 Å². The van der Waals surface area contributed by atoms with Crippen molar-refractivity contribution in [3.05, 3.63) is 100 Å². The summed E-state index contributed by atoms with van der Waals surface area (Å²) >= 11 is 6.16. The first-order chi connectivity index (χ1) is 17.9. The van der Waals surface area contributed by atoms with Crippen LogP contribution in [0.2, 0.25) is 5.02 Å². The van der Waals surface area contributed by atoms with Gasteiger partial charge in [0.25, 0.3) is 5.91 Å². The highest BCUT2D eigenvalue weighted by Gasteiger charge is 2.27. The molecule has 0 aliphatic heterocycles. The molecule has 0 unspecified atom stereocenters. The highest BCUT2D eigenvalue weighted by atomic mass is 35.5. The van der Waals surface area contributed by atoms with Crippen LogP contribution in [-0.2, 0) is 6.54 Å². The standard InChI is InChI=1S/C29H27ClN4O3/c1-18-7-2-3-8-20(18)17-31-29(37)34-26(19-9-6-10-19)16-25(33-34)23-15-21(13-14-27(23)35)32-28(36)22-11-4-5-12-24(22)30/h2-5,7-8,11-16,19,35H,6,9-10,17H2,1H3,(H,31,37)(H,32,36). The van der Waals surface area contributed by atoms with Gasteiger partial charge in [-0.3, -0.25) is 4.79 Å². The van der Waals surface area contributed by atoms with Crippen molar-refractivity contribution in [3.63, 3.8) is 0 Å². The van der Waals surface area contributed by atoms with Crippen LogP contribution >= 0.6 is 11.6 Å². The molecule has 8 heteroatoms. The van der Waals surface area contributed by atoms with Crippen molar-refractivity contribution in [3.8, 4) is 17.0 Å². The lowest BCUT2D eigenvalue weighted by molar-refractivity contribution is 0.102. The van der Waals surface area contributed by atoms with Gasteiger partial charge in [-0.2, -0.15) is 9.78 Å². The molecule has 5 rings (SSSR count). The highest BCUT2D eigenvalue weighted by molar-refractivity contribution is 6.34. The molecule has 4 aromatic rings. The van der Waals surface area contributed by atoms with Gasteiger partial charge in [0.15, 0.2) is 0 Å². The fourth-order valence-electron chi connectivity index (χ4n) is 4.40. The van der Waals surface area contributed by atoms with E-state index in [1.807, 2.05) is 37.3 Å². The summed E-state index contributed by atoms with van der Waals surface area (Å²) in [4.78, 5) is 25.9. The molecular formula is C29H27ClN4O3. The molecule has 3 aromatic carbocycles. The number of aryl methyl sites for hydroxylation is 1. The maximum Gasteiger partial charge on any atom is 0.342 e. The molecule has 1 aliphatic carbocycles. The molecule has 1 aliphatic rings. The first-order valence-electron chi connectivity index (χ1n) is 12.2. The summed E-state index contributed by atoms with van der Waals surface area (Å²) < 4.78 is 1.41. The van der Waals surface area contributed by atoms with Crippen molar-refractivity contribution < 1.29 is 14.7 Å². The van der Waals surface area contributed by atoms with E-state index in [0.29, 0.717) is 34.1 Å². The Balaban J connectivity index is 1.42. The number of carbonyl (C=O) groups excluding carboxylic acids is 2. The molecule has 2 amide bonds. The number of nitrogens with zero attached hydrogens (tertiary/aromatic N) is 2. The molecule has 1 fully saturated rings. The second-order valence-corrected chi connectivity index (χ2v) is 9.65. The van der Waals surface area contributed by atoms with Crippen molar-refractivity contribution in [1.82, 2.24) is 15.1 Å². The summed E-state index contributed by atoms with van der Waals surface area (Å²) in [5.41, 5.74) is 4.65. The van der Waals surface area contributed by atoms with Crippen LogP contribution in [0.3, 0.4) is 0 Å². The maximum absolute atomic E-state index is 13.2. The van der Waals surface area contributed by atoms with Gasteiger partial charge in [-0.15, -0.1) is 0 Å². The molecule has 0 bridgehead atoms. The lowest BCUT2D eigenvalue weighted by Gasteiger charge is -2.25. The Morgan fingerprint density at radius 3 is 2.54 bits per heavy atom. The Morgan fingerprint density at radius 1 is 1.05 bits per heavy atom. The average Bonchev–Trinajstić information content (AvgIpc) is 3.28. The SMILES string of the molecule is Cc1ccccc1CNC(=O)n1nc(-c2cc(NC(=O)c3ccccc3Cl)ccc2O)cc1C1CCC1. The number of phenols is 1. The van der Waals surface area contributed by atoms with Crippen molar-refractivity contribution in [1.29, 1.82) is 0 Å². The smallest absolute Gasteiger partial charge is 0.342 e. The van der Waals surface area contributed by atoms with E-state index in [1.165, 1.54) is 10.7 Å². The van der Waals surface area contributed by atoms with Crippen LogP contribution in [0.15, 0.2) is 72.8 Å². The van der Waals surface area contributed by atoms with Crippen LogP contribution in [0.5, 0.6) is 5.75 Å². The number of anilines is 1. The van der Waals surface area contributed by atoms with E-state index in [4.69, 9.17) is 11.6 Å². The number of benzene rings is 3. The number of hydrogen-bond acceptors (Lipinski definition) is 4. The van der Waals surface area contributed by atoms with E-state index in [1.54, 1.807) is 36.4 Å². The van der Waals surface area contributed by atoms with Crippen LogP contribution in [0, 0.1) is 6.92 Å². The van der Waals surface area contributed by atoms with E-state index < -0.39 is 0 Å². The molecule has 1 heterocycles. The number of halogens is 1. The van der Waals surface area contributed by atoms with Gasteiger partial charge in [0.2, 0.25) is 0 Å². The first-order valence-corrected chi connectivity index (χ1v) is 12.6. The molecular weight excluding hydrogens is 488 g/mol. The number of amides is 2. The predicted molar refractivity (Wildman–Crippen MR) is 144 cm³/mol. The van der Waals surface area contributed by atoms with Crippen LogP contribution in [0.1, 0.15) is 52.4 Å². The quantitative estimate of drug-likeness (QED) is 0.256. The van der Waals surface area contributed by atoms with Crippen LogP contribution in [0.25, 0.3) is 11.3 Å². The summed E-state index contributed by atoms with van der Waals surface area (Å²) in [7, 11) is 0. The summed E-state index contributed by atoms with van der Waals surface area (Å²) in [6, 6.07) is 21.0. The number of phenolic OH excluding ortho intramolecular Hbond substituents is 1. The van der Waals surface area contributed by atoms with Gasteiger partial charge < -0.3 is 15.7 Å². The largest absolute Gasteiger partial charge is 0.507 e. The van der Waals surface area contributed by atoms with Crippen molar-refractivity contribution in [2.45, 2.75) is 38.6 Å². The predicted octanol–water partition coefficient (Wildman–Crippen LogP) is 6.50. The Labute approximate surface area is 220 Å². The summed E-state index contributed by atoms with van der Waals surface area (Å²) in [6.45, 7) is 2.40. The maximum atomic E-state index is 13.2. The fraction of sp³-hybridized carbons (Fsp3) is 0.207. The number of carbonyl (C=O) groups is 2. The Kier molecular flexibility index (Phi) is 6.97. The van der Waals surface area contributed by atoms with E-state index >= 15 is 0 Å². The highest BCUT2D eigenvalue weighted by Crippen LogP contribution is 2.39. The molecule has 0 saturated heterocycles. The third kappa shape index (κ3) is 5.22. The fourth-order valence-corrected chi connectivity index (χ4v) is 4.62. The summed E-state index contributed by atoms with van der Waals surface area (Å²) in [5, 5.41) is 21.4. The van der Waals surface area contributed by atoms with Crippen LogP contribution in [0.4, 0.5) is 10.5 Å². The van der Waals surface area contributed by atoms with Gasteiger partial charge in [0.05, 0.1) is 22.0 Å². The zero-order chi connectivity index (χ0) is 25.9. The van der Waals surface area contributed by atoms with Gasteiger partial charge in [-0.05, 0) is 67.3 Å². The summed E-state index contributed by atoms with van der Waals surface area (Å²) in [6.07, 6.45) is 3.07. The monoisotopic (exact) mass is 514 g/mol. The molecule has 37 heavy (non-hydrogen) atoms. The number of aromatic hydroxyl groups is 1. The molecule has 188 valence electrons. The van der Waals surface area contributed by atoms with E-state index in [9.17, 15) is 14.7 Å². The minimum atomic E-state index is -0.362. The topological polar surface area (TPSA) is 96.3 Å². The molecule has 0 spiro atoms. The zero-order valence-corrected chi connectivity index (χ0v) is 21.1. The summed E-state index contributed by atoms with van der Waals surface area (Å²) in [5.74, 6) is -0.130. The van der Waals surface area contributed by atoms with Crippen molar-refractivity contribution in [2.75, 3.05) is 5.32 Å². The third-order valence-electron chi connectivity index (χ3n) is 6.79. The Hall–Kier alpha value is -4.10. The van der Waals surface area contributed by atoms with E-state index in [0.717, 1.165) is 36.1 Å². The Bertz CT molecular complexity index is 1480. The minimum Gasteiger partial charge on any atom is -0.507 e. The number of rotatable bonds is 6. The van der Waals surface area contributed by atoms with Crippen molar-refractivity contribution >= 4 is 29.2 Å². The molecule has 0 radical (unpaired) electrons. The van der Waals surface area contributed by atoms with Gasteiger partial charge >= 0.3 is 6.03 Å². The zero-order valence-electron chi connectivity index (χ0n) is 20.4. The minimum absolute atomic E-state index is 0.000806. The van der Waals surface area contributed by atoms with Gasteiger partial charge in [-0.25, -0.2) is 4.79 Å². The van der Waals surface area contributed by atoms with Gasteiger partial charge in [0.1, 0.15) is 5.75 Å². The Morgan fingerprint density at radius 2 is 1.81 bits per heavy atom. The second kappa shape index (κ2) is 10.5. The molecule has 1 aromatic heterocycles. The van der Waals surface area contributed by atoms with Crippen LogP contribution < -0.4 is 10.6 Å². The lowest BCUT2D eigenvalue weighted by atomic mass is 9.82. The van der Waals surface area contributed by atoms with Crippen molar-refractivity contribution in [2.24, 2.45) is 0 Å². The van der Waals surface area contributed by atoms with Gasteiger partial charge in [0, 0.05) is 23.7 Å².